The fraction of sp³-hybridized carbons (Fsp3) is 0.750. The van der Waals surface area contributed by atoms with Crippen LogP contribution in [0.3, 0.4) is 0 Å². The number of amides is 2. The summed E-state index contributed by atoms with van der Waals surface area (Å²) in [6, 6.07) is 0. The first-order chi connectivity index (χ1) is 20.8. The number of nitrogens with zero attached hydrogens (tertiary/aromatic N) is 1. The van der Waals surface area contributed by atoms with E-state index in [4.69, 9.17) is 19.3 Å². The van der Waals surface area contributed by atoms with Gasteiger partial charge in [0.25, 0.3) is 0 Å². The molecular weight excluding hydrogens is 613 g/mol. The third-order valence-electron chi connectivity index (χ3n) is 10.2. The zero-order valence-corrected chi connectivity index (χ0v) is 34.0. The van der Waals surface area contributed by atoms with Crippen molar-refractivity contribution < 1.29 is 28.0 Å². The molecule has 266 valence electrons. The summed E-state index contributed by atoms with van der Waals surface area (Å²) in [5.74, 6) is -1.19. The molecule has 0 aromatic rings. The minimum absolute atomic E-state index is 0.00126. The predicted molar refractivity (Wildman–Crippen MR) is 197 cm³/mol. The highest BCUT2D eigenvalue weighted by molar-refractivity contribution is 6.74. The Labute approximate surface area is 283 Å². The number of allylic oxidation sites excluding steroid dienone is 3. The van der Waals surface area contributed by atoms with Crippen LogP contribution < -0.4 is 5.73 Å². The Morgan fingerprint density at radius 3 is 1.65 bits per heavy atom. The van der Waals surface area contributed by atoms with Crippen molar-refractivity contribution in [2.24, 2.45) is 35.3 Å². The minimum atomic E-state index is -2.37. The first kappa shape index (κ1) is 44.0. The minimum Gasteiger partial charge on any atom is -0.445 e. The summed E-state index contributed by atoms with van der Waals surface area (Å²) in [5, 5.41) is -0.108. The molecule has 46 heavy (non-hydrogen) atoms. The Bertz CT molecular complexity index is 1060. The maximum atomic E-state index is 14.3. The monoisotopic (exact) mass is 680 g/mol. The summed E-state index contributed by atoms with van der Waals surface area (Å²) in [6.07, 6.45) is 7.40. The van der Waals surface area contributed by atoms with E-state index in [0.29, 0.717) is 6.54 Å². The second-order valence-electron chi connectivity index (χ2n) is 16.3. The van der Waals surface area contributed by atoms with Crippen LogP contribution in [0.4, 0.5) is 4.79 Å². The number of hydrogen-bond acceptors (Lipinski definition) is 6. The van der Waals surface area contributed by atoms with Crippen molar-refractivity contribution in [1.29, 1.82) is 0 Å². The number of nitrogens with two attached hydrogens (primary N) is 1. The summed E-state index contributed by atoms with van der Waals surface area (Å²) < 4.78 is 19.6. The van der Waals surface area contributed by atoms with Crippen molar-refractivity contribution in [1.82, 2.24) is 4.90 Å². The van der Waals surface area contributed by atoms with Crippen LogP contribution in [0, 0.1) is 29.6 Å². The van der Waals surface area contributed by atoms with E-state index in [1.54, 1.807) is 11.0 Å². The topological polar surface area (TPSA) is 108 Å². The van der Waals surface area contributed by atoms with Gasteiger partial charge >= 0.3 is 6.09 Å². The molecule has 0 aliphatic rings. The van der Waals surface area contributed by atoms with Gasteiger partial charge in [0.15, 0.2) is 16.6 Å². The van der Waals surface area contributed by atoms with Gasteiger partial charge in [-0.05, 0) is 54.2 Å². The van der Waals surface area contributed by atoms with Gasteiger partial charge in [-0.15, -0.1) is 0 Å². The molecule has 0 saturated carbocycles. The predicted octanol–water partition coefficient (Wildman–Crippen LogP) is 8.37. The van der Waals surface area contributed by atoms with E-state index < -0.39 is 40.9 Å². The summed E-state index contributed by atoms with van der Waals surface area (Å²) >= 11 is 0. The maximum Gasteiger partial charge on any atom is 0.404 e. The molecule has 0 radical (unpaired) electrons. The number of carbonyl (C=O) groups is 3. The summed E-state index contributed by atoms with van der Waals surface area (Å²) in [7, 11) is -2.71. The first-order valence-electron chi connectivity index (χ1n) is 16.7. The number of primary amides is 1. The highest BCUT2D eigenvalue weighted by atomic mass is 28.4. The van der Waals surface area contributed by atoms with Crippen LogP contribution in [0.15, 0.2) is 37.0 Å². The normalized spacial score (nSPS) is 18.7. The van der Waals surface area contributed by atoms with Gasteiger partial charge in [0.1, 0.15) is 12.4 Å². The van der Waals surface area contributed by atoms with E-state index in [1.165, 1.54) is 6.08 Å². The molecule has 10 heteroatoms. The summed E-state index contributed by atoms with van der Waals surface area (Å²) in [4.78, 5) is 39.2. The standard InChI is InChI=1S/C36H68N2O6Si2/c1-18-19-21-26(3)31(42-34(37)41)28(5)32(44-46(16,17)36(10,11)12)29(6)33(40)38(13)24-27(4)30(25(2)22-20-23-39)43-45(14,15)35(7,8)9/h18-23,25-32H,1,24H2,2-17H3,(H2,37,41)/t25-,26-,27-,28+,29+,30-,31-,32-/m0/s1. The van der Waals surface area contributed by atoms with Gasteiger partial charge in [0, 0.05) is 25.4 Å². The lowest BCUT2D eigenvalue weighted by Gasteiger charge is -2.45. The van der Waals surface area contributed by atoms with E-state index in [2.05, 4.69) is 88.2 Å². The first-order valence-corrected chi connectivity index (χ1v) is 22.5. The SMILES string of the molecule is C=CC=C[C@H](C)[C@H](OC(N)=O)[C@@H](C)[C@H](O[Si](C)(C)C(C)(C)C)[C@@H](C)C(=O)N(C)C[C@H](C)[C@@H](O[Si](C)(C)C(C)(C)C)[C@@H](C)C=CC=O. The molecule has 2 N–H and O–H groups in total. The Kier molecular flexibility index (Phi) is 17.2. The van der Waals surface area contributed by atoms with Gasteiger partial charge in [0.05, 0.1) is 18.1 Å². The molecule has 0 saturated heterocycles. The molecule has 0 aromatic heterocycles. The highest BCUT2D eigenvalue weighted by Gasteiger charge is 2.46. The van der Waals surface area contributed by atoms with E-state index in [1.807, 2.05) is 46.0 Å². The van der Waals surface area contributed by atoms with Crippen molar-refractivity contribution >= 4 is 34.9 Å². The molecular formula is C36H68N2O6Si2. The molecule has 0 aliphatic carbocycles. The van der Waals surface area contributed by atoms with E-state index in [9.17, 15) is 14.4 Å². The van der Waals surface area contributed by atoms with Gasteiger partial charge < -0.3 is 24.2 Å². The second-order valence-corrected chi connectivity index (χ2v) is 25.8. The van der Waals surface area contributed by atoms with Crippen molar-refractivity contribution in [2.45, 2.75) is 131 Å². The van der Waals surface area contributed by atoms with Gasteiger partial charge in [-0.1, -0.05) is 107 Å². The lowest BCUT2D eigenvalue weighted by atomic mass is 9.83. The third-order valence-corrected chi connectivity index (χ3v) is 19.2. The molecule has 0 fully saturated rings. The Balaban J connectivity index is 6.60. The molecule has 0 aromatic carbocycles. The third kappa shape index (κ3) is 12.9. The van der Waals surface area contributed by atoms with Crippen molar-refractivity contribution in [3.63, 3.8) is 0 Å². The summed E-state index contributed by atoms with van der Waals surface area (Å²) in [6.45, 7) is 36.1. The maximum absolute atomic E-state index is 14.3. The van der Waals surface area contributed by atoms with E-state index in [0.717, 1.165) is 6.29 Å². The van der Waals surface area contributed by atoms with Crippen LogP contribution in [0.2, 0.25) is 36.3 Å². The van der Waals surface area contributed by atoms with Crippen molar-refractivity contribution in [2.75, 3.05) is 13.6 Å². The summed E-state index contributed by atoms with van der Waals surface area (Å²) in [5.41, 5.74) is 5.54. The fourth-order valence-corrected chi connectivity index (χ4v) is 8.20. The van der Waals surface area contributed by atoms with Crippen molar-refractivity contribution in [3.8, 4) is 0 Å². The quantitative estimate of drug-likeness (QED) is 0.0675. The van der Waals surface area contributed by atoms with Gasteiger partial charge in [0.2, 0.25) is 5.91 Å². The van der Waals surface area contributed by atoms with Crippen molar-refractivity contribution in [3.05, 3.63) is 37.0 Å². The average Bonchev–Trinajstić information content (AvgIpc) is 2.92. The lowest BCUT2D eigenvalue weighted by Crippen LogP contribution is -2.54. The molecule has 2 amide bonds. The molecule has 0 heterocycles. The Morgan fingerprint density at radius 2 is 1.24 bits per heavy atom. The fourth-order valence-electron chi connectivity index (χ4n) is 5.26. The Hall–Kier alpha value is -2.02. The van der Waals surface area contributed by atoms with Crippen LogP contribution in [0.25, 0.3) is 0 Å². The number of aldehydes is 1. The van der Waals surface area contributed by atoms with Gasteiger partial charge in [-0.25, -0.2) is 4.79 Å². The number of carbonyl (C=O) groups excluding carboxylic acids is 3. The van der Waals surface area contributed by atoms with Crippen LogP contribution in [-0.4, -0.2) is 71.7 Å². The molecule has 8 atom stereocenters. The molecule has 0 aliphatic heterocycles. The molecule has 0 bridgehead atoms. The van der Waals surface area contributed by atoms with E-state index >= 15 is 0 Å². The van der Waals surface area contributed by atoms with Crippen LogP contribution in [-0.2, 0) is 23.2 Å². The molecule has 0 unspecified atom stereocenters. The van der Waals surface area contributed by atoms with Gasteiger partial charge in [-0.2, -0.15) is 0 Å². The number of ether oxygens (including phenoxy) is 1. The number of rotatable bonds is 18. The zero-order chi connectivity index (χ0) is 36.4. The molecule has 0 rings (SSSR count). The second kappa shape index (κ2) is 17.9. The van der Waals surface area contributed by atoms with Crippen LogP contribution in [0.5, 0.6) is 0 Å². The van der Waals surface area contributed by atoms with Crippen LogP contribution >= 0.6 is 0 Å². The molecule has 8 nitrogen and oxygen atoms in total. The highest BCUT2D eigenvalue weighted by Crippen LogP contribution is 2.41. The largest absolute Gasteiger partial charge is 0.445 e. The molecule has 0 spiro atoms. The average molecular weight is 681 g/mol. The van der Waals surface area contributed by atoms with Gasteiger partial charge in [-0.3, -0.25) is 9.59 Å². The zero-order valence-electron chi connectivity index (χ0n) is 32.0. The van der Waals surface area contributed by atoms with Crippen LogP contribution in [0.1, 0.15) is 76.2 Å². The number of hydrogen-bond donors (Lipinski definition) is 1. The smallest absolute Gasteiger partial charge is 0.404 e. The Morgan fingerprint density at radius 1 is 0.804 bits per heavy atom. The van der Waals surface area contributed by atoms with E-state index in [-0.39, 0.29) is 45.8 Å². The lowest BCUT2D eigenvalue weighted by molar-refractivity contribution is -0.140.